The van der Waals surface area contributed by atoms with Gasteiger partial charge < -0.3 is 4.57 Å². The Balaban J connectivity index is 2.29. The Morgan fingerprint density at radius 1 is 1.00 bits per heavy atom. The SMILES string of the molecule is C1=Nc2cc3ccc4ccccc4c3n2C1. The first-order valence-electron chi connectivity index (χ1n) is 5.47. The quantitative estimate of drug-likeness (QED) is 0.535. The Hall–Kier alpha value is -2.09. The predicted molar refractivity (Wildman–Crippen MR) is 67.6 cm³/mol. The summed E-state index contributed by atoms with van der Waals surface area (Å²) in [5, 5.41) is 3.89. The molecule has 0 amide bonds. The summed E-state index contributed by atoms with van der Waals surface area (Å²) in [7, 11) is 0. The first kappa shape index (κ1) is 8.11. The number of benzene rings is 2. The number of aliphatic imine (C=N–C) groups is 1. The Kier molecular flexibility index (Phi) is 1.38. The van der Waals surface area contributed by atoms with Crippen molar-refractivity contribution < 1.29 is 0 Å². The summed E-state index contributed by atoms with van der Waals surface area (Å²) in [5.74, 6) is 1.08. The molecule has 0 radical (unpaired) electrons. The molecule has 0 spiro atoms. The molecular weight excluding hydrogens is 196 g/mol. The monoisotopic (exact) mass is 206 g/mol. The minimum atomic E-state index is 0.896. The number of rotatable bonds is 0. The molecule has 0 saturated carbocycles. The Morgan fingerprint density at radius 3 is 2.88 bits per heavy atom. The normalized spacial score (nSPS) is 13.8. The van der Waals surface area contributed by atoms with Gasteiger partial charge in [0.15, 0.2) is 0 Å². The van der Waals surface area contributed by atoms with Crippen LogP contribution in [0.5, 0.6) is 0 Å². The zero-order chi connectivity index (χ0) is 10.5. The van der Waals surface area contributed by atoms with Crippen LogP contribution in [0.3, 0.4) is 0 Å². The fraction of sp³-hybridized carbons (Fsp3) is 0.0714. The van der Waals surface area contributed by atoms with Gasteiger partial charge >= 0.3 is 0 Å². The lowest BCUT2D eigenvalue weighted by atomic mass is 10.1. The maximum absolute atomic E-state index is 4.38. The zero-order valence-corrected chi connectivity index (χ0v) is 8.72. The number of aromatic nitrogens is 1. The van der Waals surface area contributed by atoms with Crippen molar-refractivity contribution >= 4 is 33.7 Å². The predicted octanol–water partition coefficient (Wildman–Crippen LogP) is 3.51. The lowest BCUT2D eigenvalue weighted by Gasteiger charge is -2.03. The highest BCUT2D eigenvalue weighted by atomic mass is 15.1. The lowest BCUT2D eigenvalue weighted by molar-refractivity contribution is 0.952. The molecule has 0 bridgehead atoms. The van der Waals surface area contributed by atoms with Crippen LogP contribution in [0.1, 0.15) is 0 Å². The molecule has 2 heteroatoms. The van der Waals surface area contributed by atoms with Gasteiger partial charge in [-0.1, -0.05) is 36.4 Å². The number of fused-ring (bicyclic) bond motifs is 5. The summed E-state index contributed by atoms with van der Waals surface area (Å²) in [6.07, 6.45) is 1.97. The molecule has 16 heavy (non-hydrogen) atoms. The van der Waals surface area contributed by atoms with Crippen molar-refractivity contribution in [3.05, 3.63) is 42.5 Å². The third-order valence-corrected chi connectivity index (χ3v) is 3.25. The molecule has 2 nitrogen and oxygen atoms in total. The van der Waals surface area contributed by atoms with E-state index in [1.165, 1.54) is 21.7 Å². The second-order valence-corrected chi connectivity index (χ2v) is 4.15. The topological polar surface area (TPSA) is 17.3 Å². The van der Waals surface area contributed by atoms with Gasteiger partial charge in [0, 0.05) is 17.0 Å². The Bertz CT molecular complexity index is 735. The summed E-state index contributed by atoms with van der Waals surface area (Å²) in [4.78, 5) is 4.38. The fourth-order valence-corrected chi connectivity index (χ4v) is 2.53. The highest BCUT2D eigenvalue weighted by molar-refractivity contribution is 6.08. The van der Waals surface area contributed by atoms with Crippen molar-refractivity contribution in [2.24, 2.45) is 4.99 Å². The zero-order valence-electron chi connectivity index (χ0n) is 8.72. The fourth-order valence-electron chi connectivity index (χ4n) is 2.53. The van der Waals surface area contributed by atoms with Crippen LogP contribution in [-0.4, -0.2) is 10.8 Å². The first-order valence-corrected chi connectivity index (χ1v) is 5.47. The van der Waals surface area contributed by atoms with Gasteiger partial charge in [-0.2, -0.15) is 0 Å². The van der Waals surface area contributed by atoms with Crippen LogP contribution in [0.4, 0.5) is 5.82 Å². The van der Waals surface area contributed by atoms with Crippen LogP contribution in [0, 0.1) is 0 Å². The number of nitrogens with zero attached hydrogens (tertiary/aromatic N) is 2. The van der Waals surface area contributed by atoms with Gasteiger partial charge in [0.2, 0.25) is 0 Å². The maximum atomic E-state index is 4.38. The first-order chi connectivity index (χ1) is 7.93. The van der Waals surface area contributed by atoms with E-state index in [4.69, 9.17) is 0 Å². The summed E-state index contributed by atoms with van der Waals surface area (Å²) in [6, 6.07) is 15.0. The van der Waals surface area contributed by atoms with E-state index in [1.807, 2.05) is 6.21 Å². The van der Waals surface area contributed by atoms with Gasteiger partial charge in [-0.05, 0) is 11.5 Å². The summed E-state index contributed by atoms with van der Waals surface area (Å²) < 4.78 is 2.28. The van der Waals surface area contributed by atoms with E-state index in [-0.39, 0.29) is 0 Å². The Labute approximate surface area is 92.8 Å². The molecule has 0 unspecified atom stereocenters. The Morgan fingerprint density at radius 2 is 1.88 bits per heavy atom. The molecule has 1 aromatic heterocycles. The molecule has 1 aliphatic heterocycles. The van der Waals surface area contributed by atoms with Crippen LogP contribution in [0.15, 0.2) is 47.5 Å². The van der Waals surface area contributed by atoms with Crippen LogP contribution >= 0.6 is 0 Å². The van der Waals surface area contributed by atoms with E-state index in [9.17, 15) is 0 Å². The van der Waals surface area contributed by atoms with Gasteiger partial charge in [0.05, 0.1) is 12.1 Å². The summed E-state index contributed by atoms with van der Waals surface area (Å²) in [6.45, 7) is 0.896. The van der Waals surface area contributed by atoms with Gasteiger partial charge in [0.1, 0.15) is 5.82 Å². The van der Waals surface area contributed by atoms with E-state index in [0.717, 1.165) is 12.4 Å². The standard InChI is InChI=1S/C14H10N2/c1-2-4-12-10(3-1)5-6-11-9-13-15-7-8-16(13)14(11)12/h1-7,9H,8H2. The summed E-state index contributed by atoms with van der Waals surface area (Å²) in [5.41, 5.74) is 1.31. The number of hydrogen-bond donors (Lipinski definition) is 0. The highest BCUT2D eigenvalue weighted by Gasteiger charge is 2.12. The second-order valence-electron chi connectivity index (χ2n) is 4.15. The van der Waals surface area contributed by atoms with Crippen molar-refractivity contribution in [3.8, 4) is 0 Å². The minimum absolute atomic E-state index is 0.896. The van der Waals surface area contributed by atoms with Crippen LogP contribution in [-0.2, 0) is 6.54 Å². The smallest absolute Gasteiger partial charge is 0.133 e. The van der Waals surface area contributed by atoms with Gasteiger partial charge in [-0.25, -0.2) is 4.99 Å². The molecule has 0 atom stereocenters. The van der Waals surface area contributed by atoms with E-state index < -0.39 is 0 Å². The van der Waals surface area contributed by atoms with Crippen LogP contribution < -0.4 is 0 Å². The molecule has 76 valence electrons. The van der Waals surface area contributed by atoms with Gasteiger partial charge in [-0.15, -0.1) is 0 Å². The molecule has 1 aliphatic rings. The molecule has 0 saturated heterocycles. The largest absolute Gasteiger partial charge is 0.320 e. The van der Waals surface area contributed by atoms with Crippen molar-refractivity contribution in [3.63, 3.8) is 0 Å². The third kappa shape index (κ3) is 0.890. The average Bonchev–Trinajstić information content (AvgIpc) is 2.88. The van der Waals surface area contributed by atoms with Crippen LogP contribution in [0.25, 0.3) is 21.7 Å². The maximum Gasteiger partial charge on any atom is 0.133 e. The molecule has 3 aromatic rings. The van der Waals surface area contributed by atoms with Crippen molar-refractivity contribution in [1.29, 1.82) is 0 Å². The van der Waals surface area contributed by atoms with E-state index >= 15 is 0 Å². The van der Waals surface area contributed by atoms with Crippen molar-refractivity contribution in [2.45, 2.75) is 6.54 Å². The summed E-state index contributed by atoms with van der Waals surface area (Å²) >= 11 is 0. The van der Waals surface area contributed by atoms with Gasteiger partial charge in [-0.3, -0.25) is 0 Å². The average molecular weight is 206 g/mol. The van der Waals surface area contributed by atoms with Crippen molar-refractivity contribution in [1.82, 2.24) is 4.57 Å². The van der Waals surface area contributed by atoms with E-state index in [2.05, 4.69) is 52.0 Å². The second kappa shape index (κ2) is 2.73. The van der Waals surface area contributed by atoms with Crippen LogP contribution in [0.2, 0.25) is 0 Å². The molecule has 0 aliphatic carbocycles. The van der Waals surface area contributed by atoms with Gasteiger partial charge in [0.25, 0.3) is 0 Å². The van der Waals surface area contributed by atoms with Crippen molar-refractivity contribution in [2.75, 3.05) is 0 Å². The molecule has 0 fully saturated rings. The van der Waals surface area contributed by atoms with E-state index in [1.54, 1.807) is 0 Å². The third-order valence-electron chi connectivity index (χ3n) is 3.25. The number of hydrogen-bond acceptors (Lipinski definition) is 1. The van der Waals surface area contributed by atoms with E-state index in [0.29, 0.717) is 0 Å². The lowest BCUT2D eigenvalue weighted by Crippen LogP contribution is -1.92. The molecular formula is C14H10N2. The molecule has 4 rings (SSSR count). The minimum Gasteiger partial charge on any atom is -0.320 e. The highest BCUT2D eigenvalue weighted by Crippen LogP contribution is 2.33. The molecule has 0 N–H and O–H groups in total. The molecule has 2 heterocycles. The molecule has 2 aromatic carbocycles.